The van der Waals surface area contributed by atoms with E-state index in [1.54, 1.807) is 24.3 Å². The zero-order valence-electron chi connectivity index (χ0n) is 9.91. The van der Waals surface area contributed by atoms with Crippen molar-refractivity contribution in [3.8, 4) is 0 Å². The van der Waals surface area contributed by atoms with E-state index < -0.39 is 19.6 Å². The standard InChI is InChI=1S/C11H16NO5P/c1-8(11(13)14)12-6-9-3-2-4-10(5-9)7-18(15,16)17/h2-5,8,12H,6-7H2,1H3,(H,13,14)(H2,15,16,17)/t8-/m0/s1. The highest BCUT2D eigenvalue weighted by Gasteiger charge is 2.14. The quantitative estimate of drug-likeness (QED) is 0.574. The second-order valence-electron chi connectivity index (χ2n) is 4.08. The van der Waals surface area contributed by atoms with Crippen molar-refractivity contribution in [1.82, 2.24) is 5.32 Å². The van der Waals surface area contributed by atoms with Crippen molar-refractivity contribution in [3.63, 3.8) is 0 Å². The third-order valence-electron chi connectivity index (χ3n) is 2.36. The monoisotopic (exact) mass is 273 g/mol. The summed E-state index contributed by atoms with van der Waals surface area (Å²) in [7, 11) is -4.08. The van der Waals surface area contributed by atoms with Gasteiger partial charge in [0.25, 0.3) is 0 Å². The van der Waals surface area contributed by atoms with E-state index in [2.05, 4.69) is 5.32 Å². The molecule has 1 rings (SSSR count). The molecule has 0 saturated heterocycles. The first-order chi connectivity index (χ1) is 8.28. The van der Waals surface area contributed by atoms with Gasteiger partial charge in [-0.2, -0.15) is 0 Å². The van der Waals surface area contributed by atoms with Crippen LogP contribution in [-0.4, -0.2) is 26.9 Å². The number of hydrogen-bond donors (Lipinski definition) is 4. The SMILES string of the molecule is C[C@H](NCc1cccc(CP(=O)(O)O)c1)C(=O)O. The molecule has 1 aromatic carbocycles. The molecule has 0 saturated carbocycles. The number of carboxylic acid groups (broad SMARTS) is 1. The van der Waals surface area contributed by atoms with Crippen LogP contribution in [-0.2, 0) is 22.1 Å². The highest BCUT2D eigenvalue weighted by molar-refractivity contribution is 7.50. The van der Waals surface area contributed by atoms with Gasteiger partial charge in [-0.1, -0.05) is 24.3 Å². The summed E-state index contributed by atoms with van der Waals surface area (Å²) < 4.78 is 10.9. The summed E-state index contributed by atoms with van der Waals surface area (Å²) in [6, 6.07) is 6.07. The predicted molar refractivity (Wildman–Crippen MR) is 66.1 cm³/mol. The molecule has 0 spiro atoms. The molecule has 0 heterocycles. The summed E-state index contributed by atoms with van der Waals surface area (Å²) in [5.74, 6) is -0.943. The summed E-state index contributed by atoms with van der Waals surface area (Å²) in [6.45, 7) is 1.87. The van der Waals surface area contributed by atoms with Crippen LogP contribution in [0.4, 0.5) is 0 Å². The Morgan fingerprint density at radius 3 is 2.56 bits per heavy atom. The fourth-order valence-corrected chi connectivity index (χ4v) is 2.11. The van der Waals surface area contributed by atoms with Gasteiger partial charge in [0, 0.05) is 6.54 Å². The van der Waals surface area contributed by atoms with Crippen LogP contribution in [0.1, 0.15) is 18.1 Å². The summed E-state index contributed by atoms with van der Waals surface area (Å²) in [5, 5.41) is 11.5. The molecule has 0 aliphatic heterocycles. The molecule has 0 aromatic heterocycles. The topological polar surface area (TPSA) is 107 Å². The van der Waals surface area contributed by atoms with E-state index >= 15 is 0 Å². The van der Waals surface area contributed by atoms with E-state index in [1.807, 2.05) is 0 Å². The second-order valence-corrected chi connectivity index (χ2v) is 5.73. The lowest BCUT2D eigenvalue weighted by atomic mass is 10.1. The van der Waals surface area contributed by atoms with Crippen molar-refractivity contribution in [2.75, 3.05) is 0 Å². The van der Waals surface area contributed by atoms with Crippen LogP contribution in [0, 0.1) is 0 Å². The molecule has 0 unspecified atom stereocenters. The van der Waals surface area contributed by atoms with Crippen molar-refractivity contribution in [1.29, 1.82) is 0 Å². The van der Waals surface area contributed by atoms with Gasteiger partial charge >= 0.3 is 13.6 Å². The molecule has 1 atom stereocenters. The number of carbonyl (C=O) groups is 1. The van der Waals surface area contributed by atoms with E-state index in [9.17, 15) is 9.36 Å². The van der Waals surface area contributed by atoms with Crippen LogP contribution in [0.3, 0.4) is 0 Å². The average molecular weight is 273 g/mol. The van der Waals surface area contributed by atoms with Gasteiger partial charge in [-0.15, -0.1) is 0 Å². The maximum atomic E-state index is 10.9. The Kier molecular flexibility index (Phi) is 5.04. The first-order valence-corrected chi connectivity index (χ1v) is 7.16. The van der Waals surface area contributed by atoms with Gasteiger partial charge in [-0.3, -0.25) is 9.36 Å². The van der Waals surface area contributed by atoms with Crippen LogP contribution in [0.15, 0.2) is 24.3 Å². The maximum absolute atomic E-state index is 10.9. The first kappa shape index (κ1) is 14.9. The van der Waals surface area contributed by atoms with E-state index in [0.717, 1.165) is 5.56 Å². The minimum Gasteiger partial charge on any atom is -0.480 e. The zero-order chi connectivity index (χ0) is 13.8. The molecule has 0 radical (unpaired) electrons. The Morgan fingerprint density at radius 2 is 2.00 bits per heavy atom. The molecular weight excluding hydrogens is 257 g/mol. The van der Waals surface area contributed by atoms with Crippen molar-refractivity contribution >= 4 is 13.6 Å². The molecule has 0 aliphatic rings. The first-order valence-electron chi connectivity index (χ1n) is 5.36. The molecule has 6 nitrogen and oxygen atoms in total. The van der Waals surface area contributed by atoms with E-state index in [-0.39, 0.29) is 6.16 Å². The number of benzene rings is 1. The molecule has 4 N–H and O–H groups in total. The minimum atomic E-state index is -4.08. The summed E-state index contributed by atoms with van der Waals surface area (Å²) in [5.41, 5.74) is 1.32. The molecule has 0 fully saturated rings. The molecule has 18 heavy (non-hydrogen) atoms. The number of rotatable bonds is 6. The van der Waals surface area contributed by atoms with Gasteiger partial charge in [0.05, 0.1) is 6.16 Å². The van der Waals surface area contributed by atoms with Gasteiger partial charge < -0.3 is 20.2 Å². The van der Waals surface area contributed by atoms with Crippen LogP contribution in [0.5, 0.6) is 0 Å². The Labute approximate surface area is 105 Å². The van der Waals surface area contributed by atoms with Gasteiger partial charge in [0.1, 0.15) is 6.04 Å². The summed E-state index contributed by atoms with van der Waals surface area (Å²) >= 11 is 0. The van der Waals surface area contributed by atoms with Crippen LogP contribution < -0.4 is 5.32 Å². The number of nitrogens with one attached hydrogen (secondary N) is 1. The predicted octanol–water partition coefficient (Wildman–Crippen LogP) is 0.927. The van der Waals surface area contributed by atoms with Gasteiger partial charge in [0.15, 0.2) is 0 Å². The van der Waals surface area contributed by atoms with Gasteiger partial charge in [-0.05, 0) is 18.1 Å². The molecule has 7 heteroatoms. The fraction of sp³-hybridized carbons (Fsp3) is 0.364. The van der Waals surface area contributed by atoms with Crippen LogP contribution in [0.2, 0.25) is 0 Å². The van der Waals surface area contributed by atoms with Crippen LogP contribution >= 0.6 is 7.60 Å². The highest BCUT2D eigenvalue weighted by atomic mass is 31.2. The molecular formula is C11H16NO5P. The molecule has 0 aliphatic carbocycles. The highest BCUT2D eigenvalue weighted by Crippen LogP contribution is 2.38. The van der Waals surface area contributed by atoms with E-state index in [4.69, 9.17) is 14.9 Å². The Balaban J connectivity index is 2.65. The lowest BCUT2D eigenvalue weighted by Crippen LogP contribution is -2.33. The Hall–Kier alpha value is -1.20. The van der Waals surface area contributed by atoms with Crippen molar-refractivity contribution in [2.24, 2.45) is 0 Å². The second kappa shape index (κ2) is 6.11. The smallest absolute Gasteiger partial charge is 0.329 e. The van der Waals surface area contributed by atoms with Gasteiger partial charge in [0.2, 0.25) is 0 Å². The van der Waals surface area contributed by atoms with Crippen molar-refractivity contribution < 1.29 is 24.3 Å². The van der Waals surface area contributed by atoms with Crippen LogP contribution in [0.25, 0.3) is 0 Å². The van der Waals surface area contributed by atoms with E-state index in [0.29, 0.717) is 12.1 Å². The molecule has 100 valence electrons. The third kappa shape index (κ3) is 5.42. The lowest BCUT2D eigenvalue weighted by Gasteiger charge is -2.10. The Bertz CT molecular complexity index is 470. The maximum Gasteiger partial charge on any atom is 0.329 e. The Morgan fingerprint density at radius 1 is 1.39 bits per heavy atom. The van der Waals surface area contributed by atoms with E-state index in [1.165, 1.54) is 6.92 Å². The summed E-state index contributed by atoms with van der Waals surface area (Å²) in [6.07, 6.45) is -0.310. The normalized spacial score (nSPS) is 13.3. The van der Waals surface area contributed by atoms with Crippen molar-refractivity contribution in [3.05, 3.63) is 35.4 Å². The molecule has 1 aromatic rings. The van der Waals surface area contributed by atoms with Gasteiger partial charge in [-0.25, -0.2) is 0 Å². The third-order valence-corrected chi connectivity index (χ3v) is 3.14. The largest absolute Gasteiger partial charge is 0.480 e. The average Bonchev–Trinajstić information content (AvgIpc) is 2.23. The fourth-order valence-electron chi connectivity index (χ4n) is 1.43. The lowest BCUT2D eigenvalue weighted by molar-refractivity contribution is -0.139. The molecule has 0 bridgehead atoms. The molecule has 0 amide bonds. The minimum absolute atomic E-state index is 0.310. The zero-order valence-corrected chi connectivity index (χ0v) is 10.8. The van der Waals surface area contributed by atoms with Crippen molar-refractivity contribution in [2.45, 2.75) is 25.7 Å². The number of aliphatic carboxylic acids is 1. The number of carboxylic acids is 1. The number of hydrogen-bond acceptors (Lipinski definition) is 3. The summed E-state index contributed by atoms with van der Waals surface area (Å²) in [4.78, 5) is 28.4.